The van der Waals surface area contributed by atoms with Crippen molar-refractivity contribution in [3.05, 3.63) is 173 Å². The van der Waals surface area contributed by atoms with Crippen LogP contribution in [0.25, 0.3) is 16.6 Å². The van der Waals surface area contributed by atoms with Crippen LogP contribution in [0.4, 0.5) is 56.7 Å². The van der Waals surface area contributed by atoms with E-state index in [1.807, 2.05) is 19.1 Å². The van der Waals surface area contributed by atoms with Gasteiger partial charge in [-0.1, -0.05) is 42.8 Å². The summed E-state index contributed by atoms with van der Waals surface area (Å²) in [4.78, 5) is 27.9. The number of amides is 1. The van der Waals surface area contributed by atoms with E-state index < -0.39 is 24.5 Å². The number of nitrogens with zero attached hydrogens (tertiary/aromatic N) is 5. The first-order valence-electron chi connectivity index (χ1n) is 22.1. The molecule has 8 aromatic rings. The average Bonchev–Trinajstić information content (AvgIpc) is 3.72. The standard InChI is InChI=1S/C29H28ClF3N4O2.C22H13F6N3O2/c1-2-25-27(37-18-22(30)7-12-26(37)35-25)28(38)34-17-19-3-8-23(9-4-19)36-15-13-21(14-16-36)20-5-10-24(11-6-20)39-29(31,32)33;23-21(24,25)13-1-10-18-19(11-13)29-12-30-20(18)31-14-2-4-15(5-3-14)32-16-6-8-17(9-7-16)33-22(26,27)28/h3-12,18,21H,2,13-17H2,1H3,(H,34,38);1-12H,(H,29,30,31). The predicted octanol–water partition coefficient (Wildman–Crippen LogP) is 13.8. The summed E-state index contributed by atoms with van der Waals surface area (Å²) in [5, 5.41) is 6.95. The highest BCUT2D eigenvalue weighted by atomic mass is 35.5. The molecule has 0 bridgehead atoms. The van der Waals surface area contributed by atoms with E-state index >= 15 is 0 Å². The minimum Gasteiger partial charge on any atom is -0.457 e. The molecule has 0 aliphatic carbocycles. The number of piperidine rings is 1. The van der Waals surface area contributed by atoms with Crippen molar-refractivity contribution in [2.24, 2.45) is 0 Å². The summed E-state index contributed by atoms with van der Waals surface area (Å²) in [5.74, 6) is 0.550. The van der Waals surface area contributed by atoms with Crippen LogP contribution in [-0.4, -0.2) is 51.1 Å². The van der Waals surface area contributed by atoms with Crippen molar-refractivity contribution in [1.82, 2.24) is 24.7 Å². The maximum Gasteiger partial charge on any atom is 0.573 e. The third-order valence-corrected chi connectivity index (χ3v) is 11.6. The maximum atomic E-state index is 13.0. The summed E-state index contributed by atoms with van der Waals surface area (Å²) >= 11 is 6.14. The number of fused-ring (bicyclic) bond motifs is 2. The molecule has 0 saturated carbocycles. The lowest BCUT2D eigenvalue weighted by molar-refractivity contribution is -0.275. The lowest BCUT2D eigenvalue weighted by Gasteiger charge is -2.34. The molecule has 1 fully saturated rings. The van der Waals surface area contributed by atoms with Crippen molar-refractivity contribution in [1.29, 1.82) is 0 Å². The number of ether oxygens (including phenoxy) is 3. The molecule has 1 saturated heterocycles. The number of pyridine rings is 1. The number of nitrogens with one attached hydrogen (secondary N) is 2. The minimum atomic E-state index is -4.78. The van der Waals surface area contributed by atoms with Crippen LogP contribution in [0.15, 0.2) is 140 Å². The predicted molar refractivity (Wildman–Crippen MR) is 252 cm³/mol. The Morgan fingerprint density at radius 2 is 1.32 bits per heavy atom. The van der Waals surface area contributed by atoms with Crippen LogP contribution < -0.4 is 29.7 Å². The Balaban J connectivity index is 0.000000195. The number of imidazole rings is 1. The van der Waals surface area contributed by atoms with Crippen LogP contribution in [0.3, 0.4) is 0 Å². The summed E-state index contributed by atoms with van der Waals surface area (Å²) in [5.41, 5.74) is 4.92. The first-order valence-corrected chi connectivity index (χ1v) is 22.5. The fourth-order valence-corrected chi connectivity index (χ4v) is 8.14. The second kappa shape index (κ2) is 21.3. The number of rotatable bonds is 12. The van der Waals surface area contributed by atoms with Gasteiger partial charge in [0.2, 0.25) is 0 Å². The Morgan fingerprint density at radius 3 is 1.92 bits per heavy atom. The fourth-order valence-electron chi connectivity index (χ4n) is 7.98. The third-order valence-electron chi connectivity index (χ3n) is 11.4. The number of aryl methyl sites for hydroxylation is 1. The Kier molecular flexibility index (Phi) is 15.0. The highest BCUT2D eigenvalue weighted by Crippen LogP contribution is 2.35. The molecule has 5 aromatic carbocycles. The topological polar surface area (TPSA) is 115 Å². The first kappa shape index (κ1) is 50.6. The maximum absolute atomic E-state index is 13.0. The van der Waals surface area contributed by atoms with Crippen molar-refractivity contribution < 1.29 is 58.5 Å². The first-order chi connectivity index (χ1) is 34.3. The number of anilines is 3. The van der Waals surface area contributed by atoms with Crippen molar-refractivity contribution >= 4 is 51.3 Å². The lowest BCUT2D eigenvalue weighted by atomic mass is 9.89. The van der Waals surface area contributed by atoms with Crippen LogP contribution >= 0.6 is 11.6 Å². The number of hydrogen-bond donors (Lipinski definition) is 2. The quantitative estimate of drug-likeness (QED) is 0.115. The Hall–Kier alpha value is -7.74. The largest absolute Gasteiger partial charge is 0.573 e. The third kappa shape index (κ3) is 13.2. The van der Waals surface area contributed by atoms with Crippen LogP contribution in [0.1, 0.15) is 58.6 Å². The number of carbonyl (C=O) groups excluding carboxylic acids is 1. The molecular formula is C51H41ClF9N7O4. The van der Waals surface area contributed by atoms with E-state index in [0.29, 0.717) is 57.7 Å². The molecule has 0 radical (unpaired) electrons. The van der Waals surface area contributed by atoms with Crippen molar-refractivity contribution in [2.75, 3.05) is 23.3 Å². The molecule has 0 atom stereocenters. The molecule has 1 aliphatic rings. The van der Waals surface area contributed by atoms with Crippen molar-refractivity contribution in [2.45, 2.75) is 57.5 Å². The van der Waals surface area contributed by atoms with E-state index in [0.717, 1.165) is 79.0 Å². The van der Waals surface area contributed by atoms with Gasteiger partial charge in [0.1, 0.15) is 46.5 Å². The molecule has 1 amide bonds. The van der Waals surface area contributed by atoms with E-state index in [4.69, 9.17) is 16.3 Å². The molecular weight excluding hydrogens is 981 g/mol. The fraction of sp³-hybridized carbons (Fsp3) is 0.216. The van der Waals surface area contributed by atoms with Gasteiger partial charge in [0, 0.05) is 42.6 Å². The normalized spacial score (nSPS) is 13.3. The summed E-state index contributed by atoms with van der Waals surface area (Å²) in [6.45, 7) is 4.04. The number of alkyl halides is 9. The summed E-state index contributed by atoms with van der Waals surface area (Å²) < 4.78 is 128. The zero-order chi connectivity index (χ0) is 51.2. The highest BCUT2D eigenvalue weighted by molar-refractivity contribution is 6.30. The van der Waals surface area contributed by atoms with Crippen LogP contribution in [0.5, 0.6) is 23.0 Å². The van der Waals surface area contributed by atoms with E-state index in [1.165, 1.54) is 30.3 Å². The van der Waals surface area contributed by atoms with Crippen molar-refractivity contribution in [3.8, 4) is 23.0 Å². The second-order valence-corrected chi connectivity index (χ2v) is 16.7. The summed E-state index contributed by atoms with van der Waals surface area (Å²) in [7, 11) is 0. The molecule has 9 rings (SSSR count). The summed E-state index contributed by atoms with van der Waals surface area (Å²) in [6.07, 6.45) is -8.64. The molecule has 4 heterocycles. The monoisotopic (exact) mass is 1020 g/mol. The second-order valence-electron chi connectivity index (χ2n) is 16.3. The zero-order valence-electron chi connectivity index (χ0n) is 37.7. The van der Waals surface area contributed by atoms with Gasteiger partial charge in [-0.05, 0) is 139 Å². The Bertz CT molecular complexity index is 3130. The molecule has 374 valence electrons. The van der Waals surface area contributed by atoms with Gasteiger partial charge in [-0.15, -0.1) is 26.3 Å². The van der Waals surface area contributed by atoms with Gasteiger partial charge in [-0.3, -0.25) is 9.20 Å². The molecule has 3 aromatic heterocycles. The van der Waals surface area contributed by atoms with Gasteiger partial charge in [0.05, 0.1) is 21.8 Å². The van der Waals surface area contributed by atoms with Crippen molar-refractivity contribution in [3.63, 3.8) is 0 Å². The van der Waals surface area contributed by atoms with E-state index in [9.17, 15) is 44.3 Å². The molecule has 11 nitrogen and oxygen atoms in total. The molecule has 0 unspecified atom stereocenters. The highest BCUT2D eigenvalue weighted by Gasteiger charge is 2.33. The molecule has 1 aliphatic heterocycles. The number of carbonyl (C=O) groups is 1. The van der Waals surface area contributed by atoms with E-state index in [2.05, 4.69) is 52.1 Å². The van der Waals surface area contributed by atoms with Gasteiger partial charge in [-0.2, -0.15) is 13.2 Å². The SMILES string of the molecule is CCc1nc2ccc(Cl)cn2c1C(=O)NCc1ccc(N2CCC(c3ccc(OC(F)(F)F)cc3)CC2)cc1.FC(F)(F)Oc1ccc(Oc2ccc(Nc3ncnc4cc(C(F)(F)F)ccc34)cc2)cc1. The Labute approximate surface area is 410 Å². The van der Waals surface area contributed by atoms with Gasteiger partial charge in [0.25, 0.3) is 5.91 Å². The van der Waals surface area contributed by atoms with Crippen LogP contribution in [-0.2, 0) is 19.1 Å². The average molecular weight is 1020 g/mol. The number of hydrogen-bond acceptors (Lipinski definition) is 9. The Morgan fingerprint density at radius 1 is 0.722 bits per heavy atom. The smallest absolute Gasteiger partial charge is 0.457 e. The molecule has 72 heavy (non-hydrogen) atoms. The van der Waals surface area contributed by atoms with Gasteiger partial charge < -0.3 is 29.7 Å². The van der Waals surface area contributed by atoms with E-state index in [-0.39, 0.29) is 28.8 Å². The number of benzene rings is 5. The number of halogens is 10. The molecule has 2 N–H and O–H groups in total. The van der Waals surface area contributed by atoms with Gasteiger partial charge in [-0.25, -0.2) is 15.0 Å². The van der Waals surface area contributed by atoms with Gasteiger partial charge >= 0.3 is 18.9 Å². The zero-order valence-corrected chi connectivity index (χ0v) is 38.5. The molecule has 21 heteroatoms. The van der Waals surface area contributed by atoms with Gasteiger partial charge in [0.15, 0.2) is 0 Å². The van der Waals surface area contributed by atoms with Crippen LogP contribution in [0, 0.1) is 0 Å². The number of aromatic nitrogens is 4. The van der Waals surface area contributed by atoms with Crippen LogP contribution in [0.2, 0.25) is 5.02 Å². The van der Waals surface area contributed by atoms with E-state index in [1.54, 1.807) is 59.1 Å². The lowest BCUT2D eigenvalue weighted by Crippen LogP contribution is -2.32. The summed E-state index contributed by atoms with van der Waals surface area (Å²) in [6, 6.07) is 32.5. The molecule has 0 spiro atoms. The minimum absolute atomic E-state index is 0.139.